The third kappa shape index (κ3) is 52.8. The number of aliphatic hydroxyl groups excluding tert-OH is 2. The lowest BCUT2D eigenvalue weighted by Gasteiger charge is -2.22. The highest BCUT2D eigenvalue weighted by atomic mass is 16.3. The molecule has 0 aliphatic rings. The molecule has 0 rings (SSSR count). The standard InChI is InChI=1S/C62H113NO3/c1-3-5-7-9-11-13-15-17-19-21-22-23-24-25-26-27-28-29-30-31-32-33-34-35-36-37-38-39-40-42-44-46-48-50-52-54-56-58-62(66)63-60(59-64)61(65)57-55-53-51-49-47-45-43-41-20-18-16-14-12-10-8-6-4-2/h5,7,11,13,17,19,22-23,25-26,28-29,60-61,64-65H,3-4,6,8-10,12,14-16,18,20-21,24,27,30-59H2,1-2H3,(H,63,66)/b7-5-,13-11-,19-17-,23-22-,26-25-,29-28-. The Labute approximate surface area is 412 Å². The van der Waals surface area contributed by atoms with Crippen LogP contribution in [-0.2, 0) is 4.79 Å². The lowest BCUT2D eigenvalue weighted by Crippen LogP contribution is -2.45. The molecule has 0 aromatic carbocycles. The van der Waals surface area contributed by atoms with Crippen molar-refractivity contribution in [3.63, 3.8) is 0 Å². The van der Waals surface area contributed by atoms with Crippen molar-refractivity contribution in [3.05, 3.63) is 72.9 Å². The summed E-state index contributed by atoms with van der Waals surface area (Å²) in [7, 11) is 0. The van der Waals surface area contributed by atoms with Gasteiger partial charge in [-0.05, 0) is 64.2 Å². The minimum absolute atomic E-state index is 0.0288. The number of nitrogens with one attached hydrogen (secondary N) is 1. The molecule has 0 aliphatic carbocycles. The summed E-state index contributed by atoms with van der Waals surface area (Å²) in [6.07, 6.45) is 81.8. The third-order valence-electron chi connectivity index (χ3n) is 13.2. The molecule has 66 heavy (non-hydrogen) atoms. The summed E-state index contributed by atoms with van der Waals surface area (Å²) in [4.78, 5) is 12.5. The number of carbonyl (C=O) groups is 1. The summed E-state index contributed by atoms with van der Waals surface area (Å²) in [5, 5.41) is 23.3. The third-order valence-corrected chi connectivity index (χ3v) is 13.2. The number of carbonyl (C=O) groups excluding carboxylic acids is 1. The second kappa shape index (κ2) is 57.1. The Morgan fingerprint density at radius 1 is 0.379 bits per heavy atom. The molecule has 0 heterocycles. The predicted molar refractivity (Wildman–Crippen MR) is 294 cm³/mol. The van der Waals surface area contributed by atoms with Gasteiger partial charge in [0, 0.05) is 6.42 Å². The van der Waals surface area contributed by atoms with E-state index in [2.05, 4.69) is 92.1 Å². The Morgan fingerprint density at radius 2 is 0.667 bits per heavy atom. The summed E-state index contributed by atoms with van der Waals surface area (Å²) in [6.45, 7) is 4.26. The fraction of sp³-hybridized carbons (Fsp3) is 0.790. The van der Waals surface area contributed by atoms with E-state index in [0.29, 0.717) is 12.8 Å². The maximum absolute atomic E-state index is 12.5. The van der Waals surface area contributed by atoms with Gasteiger partial charge in [0.25, 0.3) is 0 Å². The first-order valence-corrected chi connectivity index (χ1v) is 29.1. The van der Waals surface area contributed by atoms with Gasteiger partial charge in [-0.25, -0.2) is 0 Å². The van der Waals surface area contributed by atoms with E-state index in [-0.39, 0.29) is 12.5 Å². The van der Waals surface area contributed by atoms with Crippen LogP contribution in [0.4, 0.5) is 0 Å². The fourth-order valence-corrected chi connectivity index (χ4v) is 8.84. The first-order valence-electron chi connectivity index (χ1n) is 29.1. The van der Waals surface area contributed by atoms with Gasteiger partial charge in [-0.3, -0.25) is 4.79 Å². The molecule has 384 valence electrons. The van der Waals surface area contributed by atoms with Gasteiger partial charge in [0.05, 0.1) is 18.8 Å². The number of amides is 1. The zero-order valence-corrected chi connectivity index (χ0v) is 44.2. The number of aliphatic hydroxyl groups is 2. The van der Waals surface area contributed by atoms with Crippen molar-refractivity contribution in [2.45, 2.75) is 309 Å². The maximum Gasteiger partial charge on any atom is 0.220 e. The summed E-state index contributed by atoms with van der Waals surface area (Å²) >= 11 is 0. The van der Waals surface area contributed by atoms with E-state index in [1.807, 2.05) is 0 Å². The smallest absolute Gasteiger partial charge is 0.220 e. The van der Waals surface area contributed by atoms with E-state index in [9.17, 15) is 15.0 Å². The molecule has 0 fully saturated rings. The molecule has 0 saturated carbocycles. The first kappa shape index (κ1) is 63.8. The molecule has 0 radical (unpaired) electrons. The molecule has 4 heteroatoms. The number of hydrogen-bond donors (Lipinski definition) is 3. The van der Waals surface area contributed by atoms with Crippen molar-refractivity contribution < 1.29 is 15.0 Å². The van der Waals surface area contributed by atoms with Crippen molar-refractivity contribution in [3.8, 4) is 0 Å². The second-order valence-corrected chi connectivity index (χ2v) is 19.7. The normalized spacial score (nSPS) is 13.3. The van der Waals surface area contributed by atoms with Crippen LogP contribution in [0.25, 0.3) is 0 Å². The van der Waals surface area contributed by atoms with Gasteiger partial charge < -0.3 is 15.5 Å². The lowest BCUT2D eigenvalue weighted by molar-refractivity contribution is -0.123. The average molecular weight is 921 g/mol. The van der Waals surface area contributed by atoms with Gasteiger partial charge >= 0.3 is 0 Å². The van der Waals surface area contributed by atoms with Crippen molar-refractivity contribution in [2.75, 3.05) is 6.61 Å². The molecular formula is C62H113NO3. The zero-order valence-electron chi connectivity index (χ0n) is 44.2. The summed E-state index contributed by atoms with van der Waals surface area (Å²) in [5.74, 6) is -0.0288. The number of allylic oxidation sites excluding steroid dienone is 12. The molecule has 2 unspecified atom stereocenters. The van der Waals surface area contributed by atoms with E-state index in [4.69, 9.17) is 0 Å². The highest BCUT2D eigenvalue weighted by molar-refractivity contribution is 5.76. The van der Waals surface area contributed by atoms with Gasteiger partial charge in [0.2, 0.25) is 5.91 Å². The van der Waals surface area contributed by atoms with Gasteiger partial charge in [0.15, 0.2) is 0 Å². The lowest BCUT2D eigenvalue weighted by atomic mass is 10.0. The van der Waals surface area contributed by atoms with Crippen LogP contribution in [0.5, 0.6) is 0 Å². The Balaban J connectivity index is 3.45. The monoisotopic (exact) mass is 920 g/mol. The molecule has 0 bridgehead atoms. The molecule has 0 aromatic rings. The summed E-state index contributed by atoms with van der Waals surface area (Å²) in [5.41, 5.74) is 0. The van der Waals surface area contributed by atoms with Crippen molar-refractivity contribution in [2.24, 2.45) is 0 Å². The summed E-state index contributed by atoms with van der Waals surface area (Å²) < 4.78 is 0. The van der Waals surface area contributed by atoms with Crippen molar-refractivity contribution >= 4 is 5.91 Å². The molecular weight excluding hydrogens is 807 g/mol. The van der Waals surface area contributed by atoms with Crippen LogP contribution in [0, 0.1) is 0 Å². The SMILES string of the molecule is CC/C=C\C/C=C\C/C=C\C/C=C\C/C=C\C/C=C\CCCCCCCCCCCCCCCCCCCCC(=O)NC(CO)C(O)CCCCCCCCCCCCCCCCCCC. The van der Waals surface area contributed by atoms with E-state index >= 15 is 0 Å². The molecule has 3 N–H and O–H groups in total. The van der Waals surface area contributed by atoms with E-state index in [1.54, 1.807) is 0 Å². The molecule has 2 atom stereocenters. The number of rotatable bonds is 53. The average Bonchev–Trinajstić information content (AvgIpc) is 3.32. The number of hydrogen-bond acceptors (Lipinski definition) is 3. The minimum Gasteiger partial charge on any atom is -0.394 e. The Kier molecular flexibility index (Phi) is 55.3. The van der Waals surface area contributed by atoms with Gasteiger partial charge in [-0.1, -0.05) is 299 Å². The van der Waals surface area contributed by atoms with Crippen LogP contribution >= 0.6 is 0 Å². The molecule has 0 aromatic heterocycles. The van der Waals surface area contributed by atoms with Gasteiger partial charge in [0.1, 0.15) is 0 Å². The van der Waals surface area contributed by atoms with Crippen molar-refractivity contribution in [1.82, 2.24) is 5.32 Å². The van der Waals surface area contributed by atoms with E-state index in [1.165, 1.54) is 205 Å². The molecule has 0 saturated heterocycles. The largest absolute Gasteiger partial charge is 0.394 e. The Bertz CT molecular complexity index is 1130. The predicted octanol–water partition coefficient (Wildman–Crippen LogP) is 19.4. The van der Waals surface area contributed by atoms with Crippen LogP contribution in [0.1, 0.15) is 296 Å². The van der Waals surface area contributed by atoms with Crippen LogP contribution < -0.4 is 5.32 Å². The Hall–Kier alpha value is -2.17. The molecule has 1 amide bonds. The minimum atomic E-state index is -0.661. The van der Waals surface area contributed by atoms with E-state index in [0.717, 1.165) is 64.2 Å². The second-order valence-electron chi connectivity index (χ2n) is 19.7. The first-order chi connectivity index (χ1) is 32.7. The van der Waals surface area contributed by atoms with Crippen LogP contribution in [-0.4, -0.2) is 34.9 Å². The highest BCUT2D eigenvalue weighted by Gasteiger charge is 2.20. The van der Waals surface area contributed by atoms with Crippen molar-refractivity contribution in [1.29, 1.82) is 0 Å². The topological polar surface area (TPSA) is 69.6 Å². The van der Waals surface area contributed by atoms with E-state index < -0.39 is 12.1 Å². The molecule has 0 aliphatic heterocycles. The molecule has 0 spiro atoms. The zero-order chi connectivity index (χ0) is 47.7. The van der Waals surface area contributed by atoms with Gasteiger partial charge in [-0.2, -0.15) is 0 Å². The van der Waals surface area contributed by atoms with Gasteiger partial charge in [-0.15, -0.1) is 0 Å². The number of unbranched alkanes of at least 4 members (excludes halogenated alkanes) is 34. The van der Waals surface area contributed by atoms with Crippen LogP contribution in [0.2, 0.25) is 0 Å². The Morgan fingerprint density at radius 3 is 1.00 bits per heavy atom. The highest BCUT2D eigenvalue weighted by Crippen LogP contribution is 2.17. The quantitative estimate of drug-likeness (QED) is 0.0421. The summed E-state index contributed by atoms with van der Waals surface area (Å²) in [6, 6.07) is -0.537. The molecule has 4 nitrogen and oxygen atoms in total. The fourth-order valence-electron chi connectivity index (χ4n) is 8.84. The van der Waals surface area contributed by atoms with Crippen LogP contribution in [0.15, 0.2) is 72.9 Å². The van der Waals surface area contributed by atoms with Crippen LogP contribution in [0.3, 0.4) is 0 Å². The maximum atomic E-state index is 12.5.